The molecule has 0 N–H and O–H groups in total. The lowest BCUT2D eigenvalue weighted by molar-refractivity contribution is 0.0301. The van der Waals surface area contributed by atoms with Crippen LogP contribution in [-0.2, 0) is 11.2 Å². The summed E-state index contributed by atoms with van der Waals surface area (Å²) < 4.78 is 7.20. The highest BCUT2D eigenvalue weighted by atomic mass is 35.5. The molecule has 2 heterocycles. The monoisotopic (exact) mass is 361 g/mol. The molecule has 3 rings (SSSR count). The number of halogens is 1. The lowest BCUT2D eigenvalue weighted by Gasteiger charge is -2.27. The number of nitrogens with zero attached hydrogens (tertiary/aromatic N) is 3. The second kappa shape index (κ2) is 7.58. The molecule has 0 bridgehead atoms. The van der Waals surface area contributed by atoms with Gasteiger partial charge in [0, 0.05) is 18.1 Å². The molecule has 0 atom stereocenters. The normalized spacial score (nSPS) is 15.0. The molecule has 1 aromatic heterocycles. The Balaban J connectivity index is 2.04. The molecule has 6 heteroatoms. The number of hydrogen-bond donors (Lipinski definition) is 0. The molecular weight excluding hydrogens is 338 g/mol. The first-order chi connectivity index (χ1) is 12.0. The van der Waals surface area contributed by atoms with Crippen molar-refractivity contribution in [2.24, 2.45) is 5.92 Å². The van der Waals surface area contributed by atoms with Crippen molar-refractivity contribution in [2.45, 2.75) is 27.2 Å². The maximum absolute atomic E-state index is 13.1. The average molecular weight is 362 g/mol. The molecule has 2 aromatic rings. The van der Waals surface area contributed by atoms with Crippen LogP contribution in [0.25, 0.3) is 5.69 Å². The summed E-state index contributed by atoms with van der Waals surface area (Å²) in [6.45, 7) is 8.65. The molecular formula is C19H24ClN3O2. The third-order valence-electron chi connectivity index (χ3n) is 4.36. The maximum Gasteiger partial charge on any atom is 0.257 e. The highest BCUT2D eigenvalue weighted by Crippen LogP contribution is 2.24. The van der Waals surface area contributed by atoms with Gasteiger partial charge in [-0.15, -0.1) is 0 Å². The molecule has 1 aromatic carbocycles. The van der Waals surface area contributed by atoms with Crippen LogP contribution in [0.4, 0.5) is 0 Å². The molecule has 25 heavy (non-hydrogen) atoms. The van der Waals surface area contributed by atoms with E-state index in [1.165, 1.54) is 0 Å². The van der Waals surface area contributed by atoms with Crippen LogP contribution in [0.2, 0.25) is 5.02 Å². The lowest BCUT2D eigenvalue weighted by Crippen LogP contribution is -2.41. The SMILES string of the molecule is Cc1c(C(=O)N2CCOCC2)c(CC(C)C)nn1-c1cccc(Cl)c1. The third-order valence-corrected chi connectivity index (χ3v) is 4.59. The topological polar surface area (TPSA) is 47.4 Å². The van der Waals surface area contributed by atoms with E-state index in [1.807, 2.05) is 40.8 Å². The van der Waals surface area contributed by atoms with Crippen molar-refractivity contribution >= 4 is 17.5 Å². The first-order valence-corrected chi connectivity index (χ1v) is 9.06. The predicted molar refractivity (Wildman–Crippen MR) is 98.6 cm³/mol. The fourth-order valence-corrected chi connectivity index (χ4v) is 3.34. The molecule has 0 unspecified atom stereocenters. The summed E-state index contributed by atoms with van der Waals surface area (Å²) in [5, 5.41) is 5.41. The molecule has 1 fully saturated rings. The molecule has 0 aliphatic carbocycles. The van der Waals surface area contributed by atoms with Crippen molar-refractivity contribution in [2.75, 3.05) is 26.3 Å². The first kappa shape index (κ1) is 18.0. The van der Waals surface area contributed by atoms with Gasteiger partial charge < -0.3 is 9.64 Å². The number of morpholine rings is 1. The zero-order chi connectivity index (χ0) is 18.0. The highest BCUT2D eigenvalue weighted by Gasteiger charge is 2.27. The molecule has 1 saturated heterocycles. The molecule has 0 spiro atoms. The maximum atomic E-state index is 13.1. The van der Waals surface area contributed by atoms with Gasteiger partial charge in [-0.25, -0.2) is 4.68 Å². The van der Waals surface area contributed by atoms with Crippen molar-refractivity contribution in [1.29, 1.82) is 0 Å². The third kappa shape index (κ3) is 3.88. The first-order valence-electron chi connectivity index (χ1n) is 8.69. The zero-order valence-corrected chi connectivity index (χ0v) is 15.7. The van der Waals surface area contributed by atoms with Crippen molar-refractivity contribution in [3.63, 3.8) is 0 Å². The molecule has 5 nitrogen and oxygen atoms in total. The quantitative estimate of drug-likeness (QED) is 0.837. The summed E-state index contributed by atoms with van der Waals surface area (Å²) in [5.74, 6) is 0.461. The van der Waals surface area contributed by atoms with E-state index in [-0.39, 0.29) is 5.91 Å². The highest BCUT2D eigenvalue weighted by molar-refractivity contribution is 6.30. The van der Waals surface area contributed by atoms with Gasteiger partial charge in [-0.2, -0.15) is 5.10 Å². The Labute approximate surface area is 153 Å². The number of hydrogen-bond acceptors (Lipinski definition) is 3. The minimum atomic E-state index is 0.0460. The second-order valence-electron chi connectivity index (χ2n) is 6.80. The molecule has 1 amide bonds. The minimum Gasteiger partial charge on any atom is -0.378 e. The number of benzene rings is 1. The second-order valence-corrected chi connectivity index (χ2v) is 7.24. The largest absolute Gasteiger partial charge is 0.378 e. The van der Waals surface area contributed by atoms with E-state index in [1.54, 1.807) is 0 Å². The van der Waals surface area contributed by atoms with Crippen LogP contribution in [0.3, 0.4) is 0 Å². The predicted octanol–water partition coefficient (Wildman–Crippen LogP) is 3.51. The van der Waals surface area contributed by atoms with Gasteiger partial charge in [-0.1, -0.05) is 31.5 Å². The Morgan fingerprint density at radius 1 is 1.32 bits per heavy atom. The Bertz CT molecular complexity index is 764. The van der Waals surface area contributed by atoms with Gasteiger partial charge in [0.2, 0.25) is 0 Å². The van der Waals surface area contributed by atoms with Crippen molar-refractivity contribution < 1.29 is 9.53 Å². The van der Waals surface area contributed by atoms with E-state index in [9.17, 15) is 4.79 Å². The number of carbonyl (C=O) groups is 1. The number of aromatic nitrogens is 2. The van der Waals surface area contributed by atoms with Crippen molar-refractivity contribution in [1.82, 2.24) is 14.7 Å². The van der Waals surface area contributed by atoms with Crippen LogP contribution >= 0.6 is 11.6 Å². The molecule has 0 radical (unpaired) electrons. The van der Waals surface area contributed by atoms with Crippen LogP contribution in [0.15, 0.2) is 24.3 Å². The summed E-state index contributed by atoms with van der Waals surface area (Å²) in [5.41, 5.74) is 3.30. The number of carbonyl (C=O) groups excluding carboxylic acids is 1. The van der Waals surface area contributed by atoms with Gasteiger partial charge in [-0.3, -0.25) is 4.79 Å². The van der Waals surface area contributed by atoms with E-state index in [0.29, 0.717) is 37.2 Å². The van der Waals surface area contributed by atoms with Gasteiger partial charge in [0.1, 0.15) is 0 Å². The molecule has 0 saturated carbocycles. The summed E-state index contributed by atoms with van der Waals surface area (Å²) in [7, 11) is 0. The summed E-state index contributed by atoms with van der Waals surface area (Å²) >= 11 is 6.13. The lowest BCUT2D eigenvalue weighted by atomic mass is 10.0. The average Bonchev–Trinajstić information content (AvgIpc) is 2.90. The van der Waals surface area contributed by atoms with Gasteiger partial charge in [0.25, 0.3) is 5.91 Å². The van der Waals surface area contributed by atoms with Crippen LogP contribution < -0.4 is 0 Å². The summed E-state index contributed by atoms with van der Waals surface area (Å²) in [4.78, 5) is 15.0. The van der Waals surface area contributed by atoms with Crippen LogP contribution in [0, 0.1) is 12.8 Å². The van der Waals surface area contributed by atoms with Crippen LogP contribution in [-0.4, -0.2) is 46.9 Å². The minimum absolute atomic E-state index is 0.0460. The van der Waals surface area contributed by atoms with Crippen LogP contribution in [0.5, 0.6) is 0 Å². The Morgan fingerprint density at radius 3 is 2.68 bits per heavy atom. The van der Waals surface area contributed by atoms with E-state index in [2.05, 4.69) is 13.8 Å². The summed E-state index contributed by atoms with van der Waals surface area (Å²) in [6, 6.07) is 7.54. The Hall–Kier alpha value is -1.85. The summed E-state index contributed by atoms with van der Waals surface area (Å²) in [6.07, 6.45) is 0.764. The standard InChI is InChI=1S/C19H24ClN3O2/c1-13(2)11-17-18(19(24)22-7-9-25-10-8-22)14(3)23(21-17)16-6-4-5-15(20)12-16/h4-6,12-13H,7-11H2,1-3H3. The smallest absolute Gasteiger partial charge is 0.257 e. The molecule has 1 aliphatic heterocycles. The Morgan fingerprint density at radius 2 is 2.04 bits per heavy atom. The number of ether oxygens (including phenoxy) is 1. The molecule has 1 aliphatic rings. The number of amides is 1. The van der Waals surface area contributed by atoms with Crippen LogP contribution in [0.1, 0.15) is 35.6 Å². The van der Waals surface area contributed by atoms with Gasteiger partial charge in [0.05, 0.1) is 35.9 Å². The molecule has 134 valence electrons. The van der Waals surface area contributed by atoms with E-state index in [4.69, 9.17) is 21.4 Å². The van der Waals surface area contributed by atoms with Crippen molar-refractivity contribution in [3.8, 4) is 5.69 Å². The van der Waals surface area contributed by atoms with Gasteiger partial charge >= 0.3 is 0 Å². The number of rotatable bonds is 4. The zero-order valence-electron chi connectivity index (χ0n) is 15.0. The van der Waals surface area contributed by atoms with E-state index in [0.717, 1.165) is 29.1 Å². The van der Waals surface area contributed by atoms with Gasteiger partial charge in [0.15, 0.2) is 0 Å². The van der Waals surface area contributed by atoms with E-state index >= 15 is 0 Å². The Kier molecular flexibility index (Phi) is 5.45. The van der Waals surface area contributed by atoms with E-state index < -0.39 is 0 Å². The fourth-order valence-electron chi connectivity index (χ4n) is 3.15. The fraction of sp³-hybridized carbons (Fsp3) is 0.474. The van der Waals surface area contributed by atoms with Crippen molar-refractivity contribution in [3.05, 3.63) is 46.2 Å². The van der Waals surface area contributed by atoms with Gasteiger partial charge in [-0.05, 0) is 37.5 Å².